The average Bonchev–Trinajstić information content (AvgIpc) is 2.19. The highest BCUT2D eigenvalue weighted by atomic mass is 35.5. The van der Waals surface area contributed by atoms with E-state index in [1.807, 2.05) is 0 Å². The molecular formula is C9H10Cl2N2O2. The lowest BCUT2D eigenvalue weighted by Gasteiger charge is -2.06. The van der Waals surface area contributed by atoms with Gasteiger partial charge in [-0.25, -0.2) is 4.79 Å². The number of nitrogens with one attached hydrogen (secondary N) is 1. The van der Waals surface area contributed by atoms with E-state index in [-0.39, 0.29) is 10.8 Å². The van der Waals surface area contributed by atoms with Gasteiger partial charge in [-0.2, -0.15) is 0 Å². The summed E-state index contributed by atoms with van der Waals surface area (Å²) in [5.41, 5.74) is 5.21. The van der Waals surface area contributed by atoms with Crippen LogP contribution in [0.5, 0.6) is 5.75 Å². The molecule has 0 aromatic heterocycles. The lowest BCUT2D eigenvalue weighted by Crippen LogP contribution is -2.31. The molecule has 3 N–H and O–H groups in total. The molecular weight excluding hydrogens is 239 g/mol. The summed E-state index contributed by atoms with van der Waals surface area (Å²) in [7, 11) is 0. The van der Waals surface area contributed by atoms with Gasteiger partial charge >= 0.3 is 6.09 Å². The molecule has 82 valence electrons. The number of halogens is 2. The minimum atomic E-state index is -0.593. The van der Waals surface area contributed by atoms with Gasteiger partial charge in [-0.1, -0.05) is 23.2 Å². The van der Waals surface area contributed by atoms with Gasteiger partial charge in [-0.3, -0.25) is 0 Å². The number of nitrogens with two attached hydrogens (primary N) is 1. The summed E-state index contributed by atoms with van der Waals surface area (Å²) >= 11 is 11.5. The number of hydrogen-bond donors (Lipinski definition) is 2. The van der Waals surface area contributed by atoms with Gasteiger partial charge in [0.1, 0.15) is 0 Å². The lowest BCUT2D eigenvalue weighted by molar-refractivity contribution is 0.201. The minimum absolute atomic E-state index is 0.260. The van der Waals surface area contributed by atoms with Crippen LogP contribution >= 0.6 is 23.2 Å². The molecule has 1 amide bonds. The van der Waals surface area contributed by atoms with E-state index in [4.69, 9.17) is 33.7 Å². The van der Waals surface area contributed by atoms with E-state index >= 15 is 0 Å². The molecule has 4 nitrogen and oxygen atoms in total. The van der Waals surface area contributed by atoms with Crippen molar-refractivity contribution in [3.05, 3.63) is 28.2 Å². The number of ether oxygens (including phenoxy) is 1. The zero-order chi connectivity index (χ0) is 11.3. The zero-order valence-corrected chi connectivity index (χ0v) is 9.31. The van der Waals surface area contributed by atoms with Gasteiger partial charge in [0.2, 0.25) is 0 Å². The van der Waals surface area contributed by atoms with E-state index in [1.165, 1.54) is 12.1 Å². The Kier molecular flexibility index (Phi) is 4.68. The molecule has 0 atom stereocenters. The fourth-order valence-corrected chi connectivity index (χ4v) is 1.32. The Balaban J connectivity index is 2.60. The number of carbonyl (C=O) groups is 1. The van der Waals surface area contributed by atoms with E-state index in [0.29, 0.717) is 18.1 Å². The molecule has 0 fully saturated rings. The van der Waals surface area contributed by atoms with Crippen molar-refractivity contribution in [3.8, 4) is 5.75 Å². The highest BCUT2D eigenvalue weighted by molar-refractivity contribution is 6.35. The number of benzene rings is 1. The number of amides is 1. The van der Waals surface area contributed by atoms with E-state index < -0.39 is 6.09 Å². The highest BCUT2D eigenvalue weighted by Gasteiger charge is 2.07. The maximum Gasteiger partial charge on any atom is 0.412 e. The largest absolute Gasteiger partial charge is 0.412 e. The second-order valence-corrected chi connectivity index (χ2v) is 3.52. The van der Waals surface area contributed by atoms with Crippen LogP contribution in [-0.2, 0) is 0 Å². The fraction of sp³-hybridized carbons (Fsp3) is 0.222. The third-order valence-corrected chi connectivity index (χ3v) is 2.04. The number of hydrogen-bond acceptors (Lipinski definition) is 3. The molecule has 0 aliphatic rings. The Morgan fingerprint density at radius 3 is 2.80 bits per heavy atom. The zero-order valence-electron chi connectivity index (χ0n) is 7.80. The van der Waals surface area contributed by atoms with E-state index in [0.717, 1.165) is 0 Å². The van der Waals surface area contributed by atoms with Gasteiger partial charge in [-0.15, -0.1) is 0 Å². The molecule has 0 aliphatic carbocycles. The second-order valence-electron chi connectivity index (χ2n) is 2.68. The summed E-state index contributed by atoms with van der Waals surface area (Å²) in [5, 5.41) is 3.21. The van der Waals surface area contributed by atoms with Crippen LogP contribution in [-0.4, -0.2) is 19.2 Å². The van der Waals surface area contributed by atoms with Crippen LogP contribution in [0.1, 0.15) is 0 Å². The van der Waals surface area contributed by atoms with E-state index in [9.17, 15) is 4.79 Å². The molecule has 1 aromatic carbocycles. The molecule has 0 heterocycles. The van der Waals surface area contributed by atoms with Gasteiger partial charge < -0.3 is 15.8 Å². The number of carbonyl (C=O) groups excluding carboxylic acids is 1. The summed E-state index contributed by atoms with van der Waals surface area (Å²) < 4.78 is 4.91. The SMILES string of the molecule is NCCNC(=O)Oc1ccc(Cl)cc1Cl. The third-order valence-electron chi connectivity index (χ3n) is 1.51. The minimum Gasteiger partial charge on any atom is -0.409 e. The molecule has 0 spiro atoms. The summed E-state index contributed by atoms with van der Waals surface area (Å²) in [6.07, 6.45) is -0.593. The molecule has 0 saturated carbocycles. The van der Waals surface area contributed by atoms with Gasteiger partial charge in [0.15, 0.2) is 5.75 Å². The molecule has 0 unspecified atom stereocenters. The van der Waals surface area contributed by atoms with Crippen LogP contribution in [0.3, 0.4) is 0 Å². The van der Waals surface area contributed by atoms with Crippen molar-refractivity contribution in [1.82, 2.24) is 5.32 Å². The van der Waals surface area contributed by atoms with Crippen molar-refractivity contribution in [3.63, 3.8) is 0 Å². The van der Waals surface area contributed by atoms with Crippen molar-refractivity contribution < 1.29 is 9.53 Å². The van der Waals surface area contributed by atoms with Gasteiger partial charge in [0, 0.05) is 18.1 Å². The molecule has 0 radical (unpaired) electrons. The van der Waals surface area contributed by atoms with E-state index in [1.54, 1.807) is 6.07 Å². The first kappa shape index (κ1) is 12.1. The van der Waals surface area contributed by atoms with Crippen molar-refractivity contribution in [1.29, 1.82) is 0 Å². The van der Waals surface area contributed by atoms with Crippen LogP contribution in [0.4, 0.5) is 4.79 Å². The van der Waals surface area contributed by atoms with Crippen LogP contribution in [0, 0.1) is 0 Å². The van der Waals surface area contributed by atoms with Crippen LogP contribution in [0.15, 0.2) is 18.2 Å². The Hall–Kier alpha value is -0.970. The second kappa shape index (κ2) is 5.80. The molecule has 0 bridgehead atoms. The topological polar surface area (TPSA) is 64.3 Å². The molecule has 15 heavy (non-hydrogen) atoms. The third kappa shape index (κ3) is 3.95. The van der Waals surface area contributed by atoms with Crippen LogP contribution in [0.2, 0.25) is 10.0 Å². The van der Waals surface area contributed by atoms with E-state index in [2.05, 4.69) is 5.32 Å². The maximum atomic E-state index is 11.1. The summed E-state index contributed by atoms with van der Waals surface area (Å²) in [6.45, 7) is 0.702. The fourth-order valence-electron chi connectivity index (χ4n) is 0.868. The van der Waals surface area contributed by atoms with Crippen molar-refractivity contribution in [2.45, 2.75) is 0 Å². The predicted molar refractivity (Wildman–Crippen MR) is 59.5 cm³/mol. The normalized spacial score (nSPS) is 9.80. The first-order valence-corrected chi connectivity index (χ1v) is 5.00. The molecule has 0 saturated heterocycles. The quantitative estimate of drug-likeness (QED) is 0.861. The van der Waals surface area contributed by atoms with Crippen molar-refractivity contribution in [2.75, 3.05) is 13.1 Å². The Labute approximate surface area is 97.3 Å². The van der Waals surface area contributed by atoms with Gasteiger partial charge in [-0.05, 0) is 18.2 Å². The average molecular weight is 249 g/mol. The Morgan fingerprint density at radius 2 is 2.20 bits per heavy atom. The predicted octanol–water partition coefficient (Wildman–Crippen LogP) is 2.04. The standard InChI is InChI=1S/C9H10Cl2N2O2/c10-6-1-2-8(7(11)5-6)15-9(14)13-4-3-12/h1-2,5H,3-4,12H2,(H,13,14). The maximum absolute atomic E-state index is 11.1. The van der Waals surface area contributed by atoms with Crippen molar-refractivity contribution >= 4 is 29.3 Å². The van der Waals surface area contributed by atoms with Gasteiger partial charge in [0.25, 0.3) is 0 Å². The molecule has 6 heteroatoms. The lowest BCUT2D eigenvalue weighted by atomic mass is 10.3. The first-order valence-electron chi connectivity index (χ1n) is 4.24. The monoisotopic (exact) mass is 248 g/mol. The highest BCUT2D eigenvalue weighted by Crippen LogP contribution is 2.27. The smallest absolute Gasteiger partial charge is 0.409 e. The van der Waals surface area contributed by atoms with Crippen molar-refractivity contribution in [2.24, 2.45) is 5.73 Å². The molecule has 1 aromatic rings. The Bertz CT molecular complexity index is 358. The van der Waals surface area contributed by atoms with Crippen LogP contribution in [0.25, 0.3) is 0 Å². The summed E-state index contributed by atoms with van der Waals surface area (Å²) in [6, 6.07) is 4.60. The van der Waals surface area contributed by atoms with Gasteiger partial charge in [0.05, 0.1) is 5.02 Å². The molecule has 0 aliphatic heterocycles. The number of rotatable bonds is 3. The summed E-state index contributed by atoms with van der Waals surface area (Å²) in [5.74, 6) is 0.260. The Morgan fingerprint density at radius 1 is 1.47 bits per heavy atom. The molecule has 1 rings (SSSR count). The first-order chi connectivity index (χ1) is 7.13. The van der Waals surface area contributed by atoms with Crippen LogP contribution < -0.4 is 15.8 Å². The summed E-state index contributed by atoms with van der Waals surface area (Å²) in [4.78, 5) is 11.1.